The number of ether oxygens (including phenoxy) is 1. The second-order valence-corrected chi connectivity index (χ2v) is 5.19. The molecule has 1 aromatic rings. The number of benzene rings is 1. The van der Waals surface area contributed by atoms with Crippen molar-refractivity contribution in [3.05, 3.63) is 23.3 Å². The van der Waals surface area contributed by atoms with Crippen LogP contribution in [0.3, 0.4) is 0 Å². The predicted octanol–water partition coefficient (Wildman–Crippen LogP) is 2.11. The van der Waals surface area contributed by atoms with Gasteiger partial charge in [-0.25, -0.2) is 0 Å². The fourth-order valence-corrected chi connectivity index (χ4v) is 2.58. The largest absolute Gasteiger partial charge is 0.496 e. The fraction of sp³-hybridized carbons (Fsp3) is 0.538. The lowest BCUT2D eigenvalue weighted by Gasteiger charge is -2.13. The summed E-state index contributed by atoms with van der Waals surface area (Å²) in [6.07, 6.45) is 0.288. The number of thioether (sulfide) groups is 1. The van der Waals surface area contributed by atoms with Crippen LogP contribution < -0.4 is 10.5 Å². The van der Waals surface area contributed by atoms with Gasteiger partial charge in [-0.15, -0.1) is 11.8 Å². The monoisotopic (exact) mass is 255 g/mol. The topological polar surface area (TPSA) is 55.5 Å². The Balaban J connectivity index is 2.72. The summed E-state index contributed by atoms with van der Waals surface area (Å²) in [6, 6.07) is 4.14. The second-order valence-electron chi connectivity index (χ2n) is 4.13. The van der Waals surface area contributed by atoms with Crippen LogP contribution in [0, 0.1) is 13.8 Å². The molecule has 0 amide bonds. The molecule has 96 valence electrons. The van der Waals surface area contributed by atoms with Crippen molar-refractivity contribution in [2.24, 2.45) is 5.73 Å². The van der Waals surface area contributed by atoms with E-state index < -0.39 is 0 Å². The lowest BCUT2D eigenvalue weighted by molar-refractivity contribution is 0.192. The van der Waals surface area contributed by atoms with Gasteiger partial charge in [0.2, 0.25) is 0 Å². The third-order valence-corrected chi connectivity index (χ3v) is 3.89. The van der Waals surface area contributed by atoms with E-state index in [1.807, 2.05) is 6.07 Å². The minimum absolute atomic E-state index is 0.351. The molecule has 0 saturated heterocycles. The molecule has 0 heterocycles. The predicted molar refractivity (Wildman–Crippen MR) is 72.9 cm³/mol. The van der Waals surface area contributed by atoms with E-state index in [2.05, 4.69) is 19.9 Å². The minimum atomic E-state index is -0.351. The third-order valence-electron chi connectivity index (χ3n) is 2.71. The Bertz CT molecular complexity index is 369. The lowest BCUT2D eigenvalue weighted by Crippen LogP contribution is -2.15. The molecule has 0 spiro atoms. The quantitative estimate of drug-likeness (QED) is 0.764. The number of hydrogen-bond donors (Lipinski definition) is 2. The Morgan fingerprint density at radius 2 is 2.00 bits per heavy atom. The van der Waals surface area contributed by atoms with Crippen molar-refractivity contribution in [2.75, 3.05) is 19.4 Å². The maximum atomic E-state index is 9.66. The highest BCUT2D eigenvalue weighted by Gasteiger charge is 2.09. The van der Waals surface area contributed by atoms with Gasteiger partial charge < -0.3 is 15.6 Å². The van der Waals surface area contributed by atoms with Crippen molar-refractivity contribution in [3.8, 4) is 5.75 Å². The summed E-state index contributed by atoms with van der Waals surface area (Å²) < 4.78 is 5.35. The van der Waals surface area contributed by atoms with Crippen molar-refractivity contribution in [1.82, 2.24) is 0 Å². The number of aliphatic hydroxyl groups is 1. The molecule has 4 heteroatoms. The first-order chi connectivity index (χ1) is 8.08. The summed E-state index contributed by atoms with van der Waals surface area (Å²) in [6.45, 7) is 4.66. The van der Waals surface area contributed by atoms with E-state index in [0.29, 0.717) is 18.7 Å². The van der Waals surface area contributed by atoms with E-state index in [9.17, 15) is 5.11 Å². The first-order valence-electron chi connectivity index (χ1n) is 5.74. The van der Waals surface area contributed by atoms with Gasteiger partial charge in [0.15, 0.2) is 0 Å². The molecule has 0 fully saturated rings. The van der Waals surface area contributed by atoms with Crippen molar-refractivity contribution in [3.63, 3.8) is 0 Å². The van der Waals surface area contributed by atoms with E-state index in [-0.39, 0.29) is 6.10 Å². The average molecular weight is 255 g/mol. The maximum absolute atomic E-state index is 9.66. The SMILES string of the molecule is COc1cc(C)c(C)cc1SCC(O)CCN. The maximum Gasteiger partial charge on any atom is 0.132 e. The standard InChI is InChI=1S/C13H21NO2S/c1-9-6-12(16-3)13(7-10(9)2)17-8-11(15)4-5-14/h6-7,11,15H,4-5,8,14H2,1-3H3. The normalized spacial score (nSPS) is 12.5. The molecular formula is C13H21NO2S. The van der Waals surface area contributed by atoms with Gasteiger partial charge >= 0.3 is 0 Å². The van der Waals surface area contributed by atoms with Gasteiger partial charge in [0.1, 0.15) is 5.75 Å². The van der Waals surface area contributed by atoms with Gasteiger partial charge in [0.25, 0.3) is 0 Å². The molecule has 0 radical (unpaired) electrons. The van der Waals surface area contributed by atoms with Gasteiger partial charge in [-0.3, -0.25) is 0 Å². The van der Waals surface area contributed by atoms with Crippen molar-refractivity contribution in [1.29, 1.82) is 0 Å². The highest BCUT2D eigenvalue weighted by molar-refractivity contribution is 7.99. The summed E-state index contributed by atoms with van der Waals surface area (Å²) in [7, 11) is 1.67. The summed E-state index contributed by atoms with van der Waals surface area (Å²) >= 11 is 1.61. The summed E-state index contributed by atoms with van der Waals surface area (Å²) in [5, 5.41) is 9.66. The highest BCUT2D eigenvalue weighted by Crippen LogP contribution is 2.32. The van der Waals surface area contributed by atoms with E-state index in [1.165, 1.54) is 11.1 Å². The van der Waals surface area contributed by atoms with Crippen LogP contribution in [0.5, 0.6) is 5.75 Å². The van der Waals surface area contributed by atoms with Gasteiger partial charge in [-0.05, 0) is 50.1 Å². The van der Waals surface area contributed by atoms with Gasteiger partial charge in [-0.2, -0.15) is 0 Å². The fourth-order valence-electron chi connectivity index (χ4n) is 1.50. The molecule has 0 aliphatic heterocycles. The van der Waals surface area contributed by atoms with Crippen molar-refractivity contribution in [2.45, 2.75) is 31.3 Å². The molecule has 1 unspecified atom stereocenters. The van der Waals surface area contributed by atoms with Crippen LogP contribution in [0.4, 0.5) is 0 Å². The van der Waals surface area contributed by atoms with Crippen molar-refractivity contribution >= 4 is 11.8 Å². The lowest BCUT2D eigenvalue weighted by atomic mass is 10.1. The third kappa shape index (κ3) is 4.22. The number of nitrogens with two attached hydrogens (primary N) is 1. The molecule has 17 heavy (non-hydrogen) atoms. The van der Waals surface area contributed by atoms with Crippen LogP contribution in [0.15, 0.2) is 17.0 Å². The van der Waals surface area contributed by atoms with Crippen LogP contribution in [0.1, 0.15) is 17.5 Å². The molecule has 0 aliphatic rings. The number of aliphatic hydroxyl groups excluding tert-OH is 1. The van der Waals surface area contributed by atoms with Crippen LogP contribution >= 0.6 is 11.8 Å². The molecule has 0 aromatic heterocycles. The van der Waals surface area contributed by atoms with Gasteiger partial charge in [-0.1, -0.05) is 0 Å². The zero-order valence-corrected chi connectivity index (χ0v) is 11.5. The Hall–Kier alpha value is -0.710. The highest BCUT2D eigenvalue weighted by atomic mass is 32.2. The molecule has 1 atom stereocenters. The molecule has 0 bridgehead atoms. The Morgan fingerprint density at radius 1 is 1.35 bits per heavy atom. The van der Waals surface area contributed by atoms with Crippen LogP contribution in [-0.4, -0.2) is 30.6 Å². The van der Waals surface area contributed by atoms with E-state index in [4.69, 9.17) is 10.5 Å². The van der Waals surface area contributed by atoms with E-state index in [1.54, 1.807) is 18.9 Å². The number of aryl methyl sites for hydroxylation is 2. The minimum Gasteiger partial charge on any atom is -0.496 e. The molecular weight excluding hydrogens is 234 g/mol. The summed E-state index contributed by atoms with van der Waals surface area (Å²) in [5.41, 5.74) is 7.86. The van der Waals surface area contributed by atoms with Crippen LogP contribution in [0.25, 0.3) is 0 Å². The number of hydrogen-bond acceptors (Lipinski definition) is 4. The first kappa shape index (κ1) is 14.4. The zero-order valence-electron chi connectivity index (χ0n) is 10.7. The Kier molecular flexibility index (Phi) is 5.82. The molecule has 0 aliphatic carbocycles. The molecule has 3 nitrogen and oxygen atoms in total. The van der Waals surface area contributed by atoms with Gasteiger partial charge in [0.05, 0.1) is 13.2 Å². The Labute approximate surface area is 107 Å². The van der Waals surface area contributed by atoms with Crippen LogP contribution in [-0.2, 0) is 0 Å². The molecule has 0 saturated carbocycles. The summed E-state index contributed by atoms with van der Waals surface area (Å²) in [5.74, 6) is 1.52. The molecule has 1 aromatic carbocycles. The first-order valence-corrected chi connectivity index (χ1v) is 6.73. The molecule has 1 rings (SSSR count). The smallest absolute Gasteiger partial charge is 0.132 e. The Morgan fingerprint density at radius 3 is 2.59 bits per heavy atom. The number of rotatable bonds is 6. The van der Waals surface area contributed by atoms with Crippen molar-refractivity contribution < 1.29 is 9.84 Å². The zero-order chi connectivity index (χ0) is 12.8. The summed E-state index contributed by atoms with van der Waals surface area (Å²) in [4.78, 5) is 1.08. The van der Waals surface area contributed by atoms with Crippen LogP contribution in [0.2, 0.25) is 0 Å². The average Bonchev–Trinajstić information content (AvgIpc) is 2.30. The number of methoxy groups -OCH3 is 1. The van der Waals surface area contributed by atoms with E-state index in [0.717, 1.165) is 10.6 Å². The van der Waals surface area contributed by atoms with E-state index >= 15 is 0 Å². The molecule has 3 N–H and O–H groups in total. The van der Waals surface area contributed by atoms with Gasteiger partial charge in [0, 0.05) is 10.6 Å². The second kappa shape index (κ2) is 6.89.